The molecule has 2 unspecified atom stereocenters. The maximum Gasteiger partial charge on any atom is 0.417 e. The third kappa shape index (κ3) is 5.50. The molecular formula is C22H26F3N5O4S. The second-order valence-corrected chi connectivity index (χ2v) is 9.40. The summed E-state index contributed by atoms with van der Waals surface area (Å²) in [6, 6.07) is 3.12. The Hall–Kier alpha value is -3.35. The summed E-state index contributed by atoms with van der Waals surface area (Å²) >= 11 is -2.00. The van der Waals surface area contributed by atoms with Crippen molar-refractivity contribution < 1.29 is 31.7 Å². The highest BCUT2D eigenvalue weighted by atomic mass is 32.2. The molecule has 0 fully saturated rings. The fourth-order valence-electron chi connectivity index (χ4n) is 3.40. The summed E-state index contributed by atoms with van der Waals surface area (Å²) in [5.41, 5.74) is -1.49. The monoisotopic (exact) mass is 513 g/mol. The molecule has 190 valence electrons. The Kier molecular flexibility index (Phi) is 7.29. The highest BCUT2D eigenvalue weighted by molar-refractivity contribution is 7.83. The van der Waals surface area contributed by atoms with Crippen LogP contribution in [0.15, 0.2) is 31.4 Å². The number of phenols is 1. The largest absolute Gasteiger partial charge is 0.505 e. The second-order valence-electron chi connectivity index (χ2n) is 8.57. The molecule has 3 rings (SSSR count). The van der Waals surface area contributed by atoms with Crippen LogP contribution in [0, 0.1) is 19.8 Å². The van der Waals surface area contributed by atoms with Crippen LogP contribution in [0.4, 0.5) is 18.9 Å². The average Bonchev–Trinajstić information content (AvgIpc) is 3.26. The summed E-state index contributed by atoms with van der Waals surface area (Å²) in [6.45, 7) is 7.59. The van der Waals surface area contributed by atoms with Gasteiger partial charge < -0.3 is 25.1 Å². The summed E-state index contributed by atoms with van der Waals surface area (Å²) in [7, 11) is 2.54. The molecule has 2 atom stereocenters. The number of halogens is 3. The first-order valence-corrected chi connectivity index (χ1v) is 11.6. The summed E-state index contributed by atoms with van der Waals surface area (Å²) in [5, 5.41) is 16.4. The minimum atomic E-state index is -4.87. The molecule has 1 aliphatic rings. The number of amides is 1. The van der Waals surface area contributed by atoms with Gasteiger partial charge in [-0.05, 0) is 43.5 Å². The minimum Gasteiger partial charge on any atom is -0.505 e. The van der Waals surface area contributed by atoms with Crippen LogP contribution in [0.3, 0.4) is 0 Å². The van der Waals surface area contributed by atoms with Gasteiger partial charge in [-0.1, -0.05) is 13.8 Å². The molecule has 2 heterocycles. The van der Waals surface area contributed by atoms with Crippen molar-refractivity contribution in [2.75, 3.05) is 19.4 Å². The molecule has 9 nitrogen and oxygen atoms in total. The summed E-state index contributed by atoms with van der Waals surface area (Å²) < 4.78 is 66.3. The van der Waals surface area contributed by atoms with E-state index in [4.69, 9.17) is 4.42 Å². The number of rotatable bonds is 5. The van der Waals surface area contributed by atoms with Gasteiger partial charge in [0.25, 0.3) is 17.1 Å². The fourth-order valence-corrected chi connectivity index (χ4v) is 4.03. The predicted octanol–water partition coefficient (Wildman–Crippen LogP) is 4.11. The van der Waals surface area contributed by atoms with Crippen LogP contribution in [0.1, 0.15) is 52.9 Å². The first-order valence-electron chi connectivity index (χ1n) is 10.6. The lowest BCUT2D eigenvalue weighted by molar-refractivity contribution is -0.138. The quantitative estimate of drug-likeness (QED) is 0.518. The summed E-state index contributed by atoms with van der Waals surface area (Å²) in [5.74, 6) is -0.612. The van der Waals surface area contributed by atoms with E-state index in [1.165, 1.54) is 14.1 Å². The number of hydrogen-bond acceptors (Lipinski definition) is 6. The molecule has 0 saturated heterocycles. The SMILES string of the molecule is Cc1cc(C(NC2=NS(=O)N=C2Nc2ccc(C(F)(F)F)c(C(=O)N(C)C)c2O)C(C)C)oc1C. The molecule has 0 spiro atoms. The van der Waals surface area contributed by atoms with Crippen LogP contribution in [0.5, 0.6) is 5.75 Å². The third-order valence-corrected chi connectivity index (χ3v) is 6.05. The van der Waals surface area contributed by atoms with E-state index < -0.39 is 46.2 Å². The summed E-state index contributed by atoms with van der Waals surface area (Å²) in [6.07, 6.45) is -4.87. The Morgan fingerprint density at radius 1 is 1.17 bits per heavy atom. The zero-order chi connectivity index (χ0) is 26.2. The van der Waals surface area contributed by atoms with Crippen LogP contribution in [0.2, 0.25) is 0 Å². The number of benzene rings is 1. The van der Waals surface area contributed by atoms with Gasteiger partial charge in [0.2, 0.25) is 0 Å². The van der Waals surface area contributed by atoms with Gasteiger partial charge in [0.05, 0.1) is 22.9 Å². The zero-order valence-electron chi connectivity index (χ0n) is 19.9. The van der Waals surface area contributed by atoms with Gasteiger partial charge in [-0.15, -0.1) is 8.80 Å². The van der Waals surface area contributed by atoms with Crippen molar-refractivity contribution in [3.05, 3.63) is 46.4 Å². The standard InChI is InChI=1S/C22H26F3N5O4S/c1-10(2)17(15-9-11(3)12(4)34-15)27-20-19(28-35(33)29-20)26-14-8-7-13(22(23,24)25)16(18(14)31)21(32)30(5)6/h7-10,17,31H,1-6H3,(H,26,28)(H,27,29). The summed E-state index contributed by atoms with van der Waals surface area (Å²) in [4.78, 5) is 13.4. The number of phenolic OH excluding ortho intramolecular Hbond substituents is 1. The van der Waals surface area contributed by atoms with E-state index in [-0.39, 0.29) is 23.3 Å². The number of hydrogen-bond donors (Lipinski definition) is 3. The van der Waals surface area contributed by atoms with Gasteiger partial charge >= 0.3 is 6.18 Å². The molecule has 0 radical (unpaired) electrons. The van der Waals surface area contributed by atoms with Gasteiger partial charge in [-0.25, -0.2) is 4.21 Å². The number of anilines is 1. The lowest BCUT2D eigenvalue weighted by atomic mass is 10.0. The van der Waals surface area contributed by atoms with E-state index in [0.29, 0.717) is 11.8 Å². The van der Waals surface area contributed by atoms with Gasteiger partial charge in [-0.3, -0.25) is 4.79 Å². The number of nitrogens with zero attached hydrogens (tertiary/aromatic N) is 3. The highest BCUT2D eigenvalue weighted by Gasteiger charge is 2.38. The molecule has 35 heavy (non-hydrogen) atoms. The number of nitrogens with one attached hydrogen (secondary N) is 2. The lowest BCUT2D eigenvalue weighted by Gasteiger charge is -2.22. The van der Waals surface area contributed by atoms with Crippen molar-refractivity contribution in [3.63, 3.8) is 0 Å². The molecule has 1 amide bonds. The predicted molar refractivity (Wildman–Crippen MR) is 127 cm³/mol. The number of carbonyl (C=O) groups is 1. The Morgan fingerprint density at radius 3 is 2.31 bits per heavy atom. The fraction of sp³-hybridized carbons (Fsp3) is 0.409. The Balaban J connectivity index is 1.96. The van der Waals surface area contributed by atoms with E-state index in [2.05, 4.69) is 19.4 Å². The second kappa shape index (κ2) is 9.72. The molecule has 3 N–H and O–H groups in total. The van der Waals surface area contributed by atoms with E-state index >= 15 is 0 Å². The van der Waals surface area contributed by atoms with E-state index in [1.807, 2.05) is 33.8 Å². The zero-order valence-corrected chi connectivity index (χ0v) is 20.8. The molecule has 13 heteroatoms. The number of aryl methyl sites for hydroxylation is 2. The normalized spacial score (nSPS) is 16.7. The first-order chi connectivity index (χ1) is 16.2. The number of amidine groups is 2. The smallest absolute Gasteiger partial charge is 0.417 e. The van der Waals surface area contributed by atoms with Crippen LogP contribution in [-0.2, 0) is 17.3 Å². The molecule has 1 aromatic heterocycles. The van der Waals surface area contributed by atoms with Crippen LogP contribution < -0.4 is 10.6 Å². The van der Waals surface area contributed by atoms with Gasteiger partial charge in [-0.2, -0.15) is 13.2 Å². The van der Waals surface area contributed by atoms with Crippen molar-refractivity contribution in [1.82, 2.24) is 10.2 Å². The highest BCUT2D eigenvalue weighted by Crippen LogP contribution is 2.40. The molecule has 1 aromatic carbocycles. The number of aromatic hydroxyl groups is 1. The van der Waals surface area contributed by atoms with E-state index in [9.17, 15) is 27.3 Å². The van der Waals surface area contributed by atoms with Crippen LogP contribution in [-0.4, -0.2) is 45.9 Å². The molecule has 2 aromatic rings. The molecular weight excluding hydrogens is 487 g/mol. The topological polar surface area (TPSA) is 120 Å². The maximum atomic E-state index is 13.5. The van der Waals surface area contributed by atoms with Gasteiger partial charge in [0.15, 0.2) is 17.4 Å². The first kappa shape index (κ1) is 26.3. The van der Waals surface area contributed by atoms with Crippen molar-refractivity contribution in [2.45, 2.75) is 39.9 Å². The molecule has 1 aliphatic heterocycles. The van der Waals surface area contributed by atoms with E-state index in [1.54, 1.807) is 0 Å². The molecule has 0 saturated carbocycles. The Morgan fingerprint density at radius 2 is 1.80 bits per heavy atom. The lowest BCUT2D eigenvalue weighted by Crippen LogP contribution is -2.38. The minimum absolute atomic E-state index is 0.00160. The van der Waals surface area contributed by atoms with Gasteiger partial charge in [0.1, 0.15) is 11.5 Å². The third-order valence-electron chi connectivity index (χ3n) is 5.37. The maximum absolute atomic E-state index is 13.5. The average molecular weight is 514 g/mol. The van der Waals surface area contributed by atoms with Crippen molar-refractivity contribution in [1.29, 1.82) is 0 Å². The Bertz CT molecular complexity index is 1210. The van der Waals surface area contributed by atoms with Crippen molar-refractivity contribution >= 4 is 34.4 Å². The number of alkyl halides is 3. The molecule has 0 aliphatic carbocycles. The van der Waals surface area contributed by atoms with Crippen molar-refractivity contribution in [3.8, 4) is 5.75 Å². The van der Waals surface area contributed by atoms with Crippen LogP contribution in [0.25, 0.3) is 0 Å². The van der Waals surface area contributed by atoms with Gasteiger partial charge in [0, 0.05) is 14.1 Å². The number of furan rings is 1. The number of carbonyl (C=O) groups excluding carboxylic acids is 1. The van der Waals surface area contributed by atoms with E-state index in [0.717, 1.165) is 22.3 Å². The van der Waals surface area contributed by atoms with Crippen LogP contribution >= 0.6 is 0 Å². The molecule has 0 bridgehead atoms. The van der Waals surface area contributed by atoms with Crippen molar-refractivity contribution in [2.24, 2.45) is 14.7 Å². The Labute approximate surface area is 202 Å².